The molecule has 3 heterocycles. The Morgan fingerprint density at radius 3 is 2.90 bits per heavy atom. The summed E-state index contributed by atoms with van der Waals surface area (Å²) in [6.07, 6.45) is 7.11. The molecule has 0 bridgehead atoms. The Labute approximate surface area is 172 Å². The van der Waals surface area contributed by atoms with Gasteiger partial charge < -0.3 is 9.80 Å². The zero-order valence-electron chi connectivity index (χ0n) is 17.1. The molecule has 0 N–H and O–H groups in total. The van der Waals surface area contributed by atoms with E-state index in [1.54, 1.807) is 12.1 Å². The molecule has 0 saturated carbocycles. The summed E-state index contributed by atoms with van der Waals surface area (Å²) in [5.41, 5.74) is 3.48. The second kappa shape index (κ2) is 8.99. The molecule has 4 rings (SSSR count). The SMILES string of the molecule is CN1CCc2nc([C@@H]3CCCN(C(=O)CCCc4ccc(F)cc4)C3)ncc2C1. The van der Waals surface area contributed by atoms with Crippen LogP contribution in [0, 0.1) is 5.82 Å². The lowest BCUT2D eigenvalue weighted by Gasteiger charge is -2.33. The summed E-state index contributed by atoms with van der Waals surface area (Å²) in [5, 5.41) is 0. The predicted molar refractivity (Wildman–Crippen MR) is 110 cm³/mol. The lowest BCUT2D eigenvalue weighted by atomic mass is 9.96. The van der Waals surface area contributed by atoms with Crippen LogP contribution in [-0.4, -0.2) is 52.4 Å². The minimum absolute atomic E-state index is 0.205. The number of rotatable bonds is 5. The highest BCUT2D eigenvalue weighted by Crippen LogP contribution is 2.26. The number of benzene rings is 1. The molecule has 6 heteroatoms. The van der Waals surface area contributed by atoms with Gasteiger partial charge in [-0.2, -0.15) is 0 Å². The maximum atomic E-state index is 13.0. The average molecular weight is 397 g/mol. The van der Waals surface area contributed by atoms with E-state index in [1.165, 1.54) is 23.4 Å². The van der Waals surface area contributed by atoms with Crippen molar-refractivity contribution < 1.29 is 9.18 Å². The number of hydrogen-bond acceptors (Lipinski definition) is 4. The monoisotopic (exact) mass is 396 g/mol. The highest BCUT2D eigenvalue weighted by Gasteiger charge is 2.27. The summed E-state index contributed by atoms with van der Waals surface area (Å²) in [7, 11) is 2.12. The maximum Gasteiger partial charge on any atom is 0.222 e. The number of halogens is 1. The molecule has 0 unspecified atom stereocenters. The largest absolute Gasteiger partial charge is 0.342 e. The van der Waals surface area contributed by atoms with E-state index in [9.17, 15) is 9.18 Å². The Morgan fingerprint density at radius 2 is 2.07 bits per heavy atom. The fraction of sp³-hybridized carbons (Fsp3) is 0.522. The van der Waals surface area contributed by atoms with Crippen molar-refractivity contribution in [3.63, 3.8) is 0 Å². The van der Waals surface area contributed by atoms with E-state index in [0.717, 1.165) is 63.1 Å². The molecule has 0 spiro atoms. The summed E-state index contributed by atoms with van der Waals surface area (Å²) in [6, 6.07) is 6.54. The number of piperidine rings is 1. The van der Waals surface area contributed by atoms with Gasteiger partial charge >= 0.3 is 0 Å². The Bertz CT molecular complexity index is 854. The number of amides is 1. The third-order valence-corrected chi connectivity index (χ3v) is 6.05. The number of carbonyl (C=O) groups excluding carboxylic acids is 1. The standard InChI is InChI=1S/C23H29FN4O/c1-27-13-11-21-19(15-27)14-25-23(26-21)18-5-3-12-28(16-18)22(29)6-2-4-17-7-9-20(24)10-8-17/h7-10,14,18H,2-6,11-13,15-16H2,1H3/t18-/m1/s1. The topological polar surface area (TPSA) is 49.3 Å². The molecule has 29 heavy (non-hydrogen) atoms. The molecule has 1 saturated heterocycles. The summed E-state index contributed by atoms with van der Waals surface area (Å²) in [4.78, 5) is 26.5. The van der Waals surface area contributed by atoms with Crippen LogP contribution in [0.3, 0.4) is 0 Å². The van der Waals surface area contributed by atoms with Crippen molar-refractivity contribution >= 4 is 5.91 Å². The molecular weight excluding hydrogens is 367 g/mol. The van der Waals surface area contributed by atoms with Gasteiger partial charge in [-0.25, -0.2) is 14.4 Å². The van der Waals surface area contributed by atoms with E-state index in [0.29, 0.717) is 13.0 Å². The number of nitrogens with zero attached hydrogens (tertiary/aromatic N) is 4. The van der Waals surface area contributed by atoms with Crippen molar-refractivity contribution in [3.05, 3.63) is 58.9 Å². The fourth-order valence-corrected chi connectivity index (χ4v) is 4.34. The number of fused-ring (bicyclic) bond motifs is 1. The lowest BCUT2D eigenvalue weighted by molar-refractivity contribution is -0.132. The Hall–Kier alpha value is -2.34. The van der Waals surface area contributed by atoms with Crippen LogP contribution in [0.1, 0.15) is 54.2 Å². The lowest BCUT2D eigenvalue weighted by Crippen LogP contribution is -2.39. The van der Waals surface area contributed by atoms with Crippen molar-refractivity contribution in [3.8, 4) is 0 Å². The fourth-order valence-electron chi connectivity index (χ4n) is 4.34. The summed E-state index contributed by atoms with van der Waals surface area (Å²) in [6.45, 7) is 3.49. The van der Waals surface area contributed by atoms with E-state index >= 15 is 0 Å². The molecule has 2 aliphatic heterocycles. The van der Waals surface area contributed by atoms with E-state index in [2.05, 4.69) is 16.9 Å². The minimum atomic E-state index is -0.222. The molecule has 2 aromatic rings. The molecule has 0 radical (unpaired) electrons. The van der Waals surface area contributed by atoms with Crippen molar-refractivity contribution in [2.24, 2.45) is 0 Å². The average Bonchev–Trinajstić information content (AvgIpc) is 2.75. The molecule has 1 amide bonds. The van der Waals surface area contributed by atoms with Crippen molar-refractivity contribution in [1.82, 2.24) is 19.8 Å². The molecule has 2 aliphatic rings. The van der Waals surface area contributed by atoms with Gasteiger partial charge in [-0.3, -0.25) is 4.79 Å². The number of hydrogen-bond donors (Lipinski definition) is 0. The molecule has 5 nitrogen and oxygen atoms in total. The van der Waals surface area contributed by atoms with Gasteiger partial charge in [0.05, 0.1) is 0 Å². The first kappa shape index (κ1) is 20.0. The van der Waals surface area contributed by atoms with E-state index < -0.39 is 0 Å². The van der Waals surface area contributed by atoms with Crippen molar-refractivity contribution in [2.45, 2.75) is 51.0 Å². The van der Waals surface area contributed by atoms with Gasteiger partial charge in [0.15, 0.2) is 0 Å². The molecule has 154 valence electrons. The van der Waals surface area contributed by atoms with E-state index in [1.807, 2.05) is 11.1 Å². The summed E-state index contributed by atoms with van der Waals surface area (Å²) < 4.78 is 13.0. The first-order valence-electron chi connectivity index (χ1n) is 10.6. The first-order chi connectivity index (χ1) is 14.1. The zero-order chi connectivity index (χ0) is 20.2. The summed E-state index contributed by atoms with van der Waals surface area (Å²) >= 11 is 0. The Balaban J connectivity index is 1.32. The third kappa shape index (κ3) is 4.99. The Morgan fingerprint density at radius 1 is 1.24 bits per heavy atom. The number of aryl methyl sites for hydroxylation is 1. The van der Waals surface area contributed by atoms with Gasteiger partial charge in [0.25, 0.3) is 0 Å². The smallest absolute Gasteiger partial charge is 0.222 e. The molecule has 1 fully saturated rings. The molecule has 1 aromatic heterocycles. The summed E-state index contributed by atoms with van der Waals surface area (Å²) in [5.74, 6) is 1.11. The van der Waals surface area contributed by atoms with Gasteiger partial charge in [0, 0.05) is 62.4 Å². The van der Waals surface area contributed by atoms with Gasteiger partial charge in [-0.05, 0) is 50.4 Å². The molecule has 1 aromatic carbocycles. The second-order valence-corrected chi connectivity index (χ2v) is 8.35. The van der Waals surface area contributed by atoms with Crippen LogP contribution >= 0.6 is 0 Å². The predicted octanol–water partition coefficient (Wildman–Crippen LogP) is 3.33. The van der Waals surface area contributed by atoms with Crippen LogP contribution in [0.2, 0.25) is 0 Å². The zero-order valence-corrected chi connectivity index (χ0v) is 17.1. The molecule has 1 atom stereocenters. The van der Waals surface area contributed by atoms with E-state index in [4.69, 9.17) is 4.98 Å². The number of likely N-dealkylation sites (tertiary alicyclic amines) is 1. The third-order valence-electron chi connectivity index (χ3n) is 6.05. The van der Waals surface area contributed by atoms with Gasteiger partial charge in [0.1, 0.15) is 11.6 Å². The normalized spacial score (nSPS) is 19.8. The second-order valence-electron chi connectivity index (χ2n) is 8.35. The van der Waals surface area contributed by atoms with Crippen molar-refractivity contribution in [1.29, 1.82) is 0 Å². The van der Waals surface area contributed by atoms with Crippen LogP contribution in [0.4, 0.5) is 4.39 Å². The van der Waals surface area contributed by atoms with Gasteiger partial charge in [0.2, 0.25) is 5.91 Å². The van der Waals surface area contributed by atoms with Crippen LogP contribution in [0.5, 0.6) is 0 Å². The van der Waals surface area contributed by atoms with Gasteiger partial charge in [-0.15, -0.1) is 0 Å². The van der Waals surface area contributed by atoms with Crippen LogP contribution in [0.25, 0.3) is 0 Å². The maximum absolute atomic E-state index is 13.0. The van der Waals surface area contributed by atoms with E-state index in [-0.39, 0.29) is 17.6 Å². The Kier molecular flexibility index (Phi) is 6.19. The number of aromatic nitrogens is 2. The van der Waals surface area contributed by atoms with Crippen LogP contribution in [-0.2, 0) is 24.2 Å². The number of carbonyl (C=O) groups is 1. The van der Waals surface area contributed by atoms with Crippen LogP contribution < -0.4 is 0 Å². The van der Waals surface area contributed by atoms with Crippen molar-refractivity contribution in [2.75, 3.05) is 26.7 Å². The molecular formula is C23H29FN4O. The van der Waals surface area contributed by atoms with Crippen LogP contribution in [0.15, 0.2) is 30.5 Å². The number of likely N-dealkylation sites (N-methyl/N-ethyl adjacent to an activating group) is 1. The quantitative estimate of drug-likeness (QED) is 0.778. The molecule has 0 aliphatic carbocycles. The highest BCUT2D eigenvalue weighted by molar-refractivity contribution is 5.76. The highest BCUT2D eigenvalue weighted by atomic mass is 19.1. The minimum Gasteiger partial charge on any atom is -0.342 e. The first-order valence-corrected chi connectivity index (χ1v) is 10.6. The van der Waals surface area contributed by atoms with Gasteiger partial charge in [-0.1, -0.05) is 12.1 Å².